The summed E-state index contributed by atoms with van der Waals surface area (Å²) in [6, 6.07) is 5.21. The molecule has 94 valence electrons. The number of benzene rings is 1. The molecule has 1 aromatic carbocycles. The first-order valence-corrected chi connectivity index (χ1v) is 5.35. The fraction of sp³-hybridized carbons (Fsp3) is 0.417. The van der Waals surface area contributed by atoms with Crippen molar-refractivity contribution < 1.29 is 14.3 Å². The highest BCUT2D eigenvalue weighted by molar-refractivity contribution is 5.94. The van der Waals surface area contributed by atoms with E-state index >= 15 is 0 Å². The van der Waals surface area contributed by atoms with Crippen LogP contribution >= 0.6 is 0 Å². The number of nitrogens with one attached hydrogen (secondary N) is 1. The molecule has 1 atom stereocenters. The fourth-order valence-electron chi connectivity index (χ4n) is 1.27. The molecule has 17 heavy (non-hydrogen) atoms. The predicted octanol–water partition coefficient (Wildman–Crippen LogP) is 1.24. The number of nitrogens with two attached hydrogens (primary N) is 1. The number of rotatable bonds is 5. The molecule has 1 rings (SSSR count). The summed E-state index contributed by atoms with van der Waals surface area (Å²) >= 11 is 0. The van der Waals surface area contributed by atoms with Crippen molar-refractivity contribution in [1.82, 2.24) is 0 Å². The second-order valence-electron chi connectivity index (χ2n) is 3.69. The van der Waals surface area contributed by atoms with E-state index in [0.717, 1.165) is 0 Å². The molecule has 1 unspecified atom stereocenters. The Morgan fingerprint density at radius 3 is 2.65 bits per heavy atom. The van der Waals surface area contributed by atoms with Crippen LogP contribution < -0.4 is 20.5 Å². The maximum absolute atomic E-state index is 11.7. The third-order valence-electron chi connectivity index (χ3n) is 2.47. The minimum absolute atomic E-state index is 0.140. The topological polar surface area (TPSA) is 73.6 Å². The molecule has 0 saturated carbocycles. The molecule has 1 amide bonds. The summed E-state index contributed by atoms with van der Waals surface area (Å²) in [6.45, 7) is 2.07. The van der Waals surface area contributed by atoms with Gasteiger partial charge in [-0.15, -0.1) is 0 Å². The molecule has 5 nitrogen and oxygen atoms in total. The lowest BCUT2D eigenvalue weighted by atomic mass is 10.1. The predicted molar refractivity (Wildman–Crippen MR) is 66.4 cm³/mol. The largest absolute Gasteiger partial charge is 0.497 e. The van der Waals surface area contributed by atoms with Gasteiger partial charge in [0.1, 0.15) is 11.5 Å². The molecule has 0 heterocycles. The van der Waals surface area contributed by atoms with Crippen molar-refractivity contribution >= 4 is 11.6 Å². The highest BCUT2D eigenvalue weighted by atomic mass is 16.5. The van der Waals surface area contributed by atoms with Gasteiger partial charge in [-0.2, -0.15) is 0 Å². The van der Waals surface area contributed by atoms with Crippen molar-refractivity contribution in [1.29, 1.82) is 0 Å². The first-order valence-electron chi connectivity index (χ1n) is 5.35. The number of methoxy groups -OCH3 is 2. The quantitative estimate of drug-likeness (QED) is 0.809. The molecular formula is C12H18N2O3. The zero-order chi connectivity index (χ0) is 12.8. The lowest BCUT2D eigenvalue weighted by molar-refractivity contribution is -0.119. The van der Waals surface area contributed by atoms with E-state index in [1.807, 2.05) is 0 Å². The summed E-state index contributed by atoms with van der Waals surface area (Å²) in [4.78, 5) is 11.7. The molecule has 0 radical (unpaired) electrons. The Hall–Kier alpha value is -1.75. The maximum Gasteiger partial charge on any atom is 0.228 e. The van der Waals surface area contributed by atoms with E-state index in [0.29, 0.717) is 23.7 Å². The number of hydrogen-bond acceptors (Lipinski definition) is 4. The van der Waals surface area contributed by atoms with Gasteiger partial charge in [0.2, 0.25) is 5.91 Å². The lowest BCUT2D eigenvalue weighted by Crippen LogP contribution is -2.26. The Kier molecular flexibility index (Phi) is 4.78. The molecule has 5 heteroatoms. The van der Waals surface area contributed by atoms with Gasteiger partial charge in [-0.25, -0.2) is 0 Å². The minimum Gasteiger partial charge on any atom is -0.497 e. The average Bonchev–Trinajstić information content (AvgIpc) is 2.37. The van der Waals surface area contributed by atoms with Crippen molar-refractivity contribution in [2.75, 3.05) is 26.1 Å². The van der Waals surface area contributed by atoms with Gasteiger partial charge in [0, 0.05) is 18.5 Å². The standard InChI is InChI=1S/C12H18N2O3/c1-8(7-13)12(15)14-10-6-9(16-2)4-5-11(10)17-3/h4-6,8H,7,13H2,1-3H3,(H,14,15). The van der Waals surface area contributed by atoms with Gasteiger partial charge >= 0.3 is 0 Å². The maximum atomic E-state index is 11.7. The monoisotopic (exact) mass is 238 g/mol. The number of anilines is 1. The summed E-state index contributed by atoms with van der Waals surface area (Å²) in [6.07, 6.45) is 0. The van der Waals surface area contributed by atoms with E-state index in [9.17, 15) is 4.79 Å². The molecule has 0 saturated heterocycles. The average molecular weight is 238 g/mol. The SMILES string of the molecule is COc1ccc(OC)c(NC(=O)C(C)CN)c1. The molecule has 0 aliphatic carbocycles. The van der Waals surface area contributed by atoms with E-state index in [1.54, 1.807) is 39.3 Å². The van der Waals surface area contributed by atoms with Gasteiger partial charge in [-0.1, -0.05) is 6.92 Å². The molecule has 0 bridgehead atoms. The summed E-state index contributed by atoms with van der Waals surface area (Å²) in [7, 11) is 3.11. The Balaban J connectivity index is 2.91. The van der Waals surface area contributed by atoms with Gasteiger partial charge in [0.05, 0.1) is 19.9 Å². The normalized spacial score (nSPS) is 11.8. The molecule has 0 fully saturated rings. The first-order chi connectivity index (χ1) is 8.12. The molecule has 3 N–H and O–H groups in total. The summed E-state index contributed by atoms with van der Waals surface area (Å²) < 4.78 is 10.2. The van der Waals surface area contributed by atoms with Crippen LogP contribution in [0.3, 0.4) is 0 Å². The van der Waals surface area contributed by atoms with Crippen molar-refractivity contribution in [3.8, 4) is 11.5 Å². The number of ether oxygens (including phenoxy) is 2. The van der Waals surface area contributed by atoms with Crippen molar-refractivity contribution in [3.05, 3.63) is 18.2 Å². The fourth-order valence-corrected chi connectivity index (χ4v) is 1.27. The molecule has 0 spiro atoms. The Bertz CT molecular complexity index is 393. The molecule has 0 aliphatic heterocycles. The van der Waals surface area contributed by atoms with Crippen molar-refractivity contribution in [3.63, 3.8) is 0 Å². The van der Waals surface area contributed by atoms with Gasteiger partial charge in [0.15, 0.2) is 0 Å². The molecule has 0 aromatic heterocycles. The van der Waals surface area contributed by atoms with Crippen LogP contribution in [0.4, 0.5) is 5.69 Å². The van der Waals surface area contributed by atoms with Gasteiger partial charge in [0.25, 0.3) is 0 Å². The van der Waals surface area contributed by atoms with Crippen LogP contribution in [0.1, 0.15) is 6.92 Å². The number of carbonyl (C=O) groups is 1. The van der Waals surface area contributed by atoms with E-state index < -0.39 is 0 Å². The zero-order valence-corrected chi connectivity index (χ0v) is 10.3. The highest BCUT2D eigenvalue weighted by Gasteiger charge is 2.13. The summed E-state index contributed by atoms with van der Waals surface area (Å²) in [5.74, 6) is 0.856. The Labute approximate surface area is 101 Å². The molecular weight excluding hydrogens is 220 g/mol. The Morgan fingerprint density at radius 1 is 1.41 bits per heavy atom. The van der Waals surface area contributed by atoms with Crippen molar-refractivity contribution in [2.24, 2.45) is 11.7 Å². The highest BCUT2D eigenvalue weighted by Crippen LogP contribution is 2.29. The zero-order valence-electron chi connectivity index (χ0n) is 10.3. The van der Waals surface area contributed by atoms with Gasteiger partial charge in [-0.05, 0) is 12.1 Å². The van der Waals surface area contributed by atoms with E-state index in [-0.39, 0.29) is 11.8 Å². The number of amides is 1. The second kappa shape index (κ2) is 6.10. The van der Waals surface area contributed by atoms with Crippen LogP contribution in [0, 0.1) is 5.92 Å². The number of hydrogen-bond donors (Lipinski definition) is 2. The van der Waals surface area contributed by atoms with E-state index in [1.165, 1.54) is 0 Å². The third-order valence-corrected chi connectivity index (χ3v) is 2.47. The van der Waals surface area contributed by atoms with Crippen LogP contribution in [0.2, 0.25) is 0 Å². The van der Waals surface area contributed by atoms with Crippen LogP contribution in [-0.4, -0.2) is 26.7 Å². The van der Waals surface area contributed by atoms with E-state index in [2.05, 4.69) is 5.32 Å². The Morgan fingerprint density at radius 2 is 2.12 bits per heavy atom. The van der Waals surface area contributed by atoms with Crippen LogP contribution in [0.5, 0.6) is 11.5 Å². The first kappa shape index (κ1) is 13.3. The molecule has 1 aromatic rings. The third kappa shape index (κ3) is 3.35. The van der Waals surface area contributed by atoms with Gasteiger partial charge in [-0.3, -0.25) is 4.79 Å². The van der Waals surface area contributed by atoms with E-state index in [4.69, 9.17) is 15.2 Å². The smallest absolute Gasteiger partial charge is 0.228 e. The van der Waals surface area contributed by atoms with Crippen LogP contribution in [0.15, 0.2) is 18.2 Å². The van der Waals surface area contributed by atoms with Crippen molar-refractivity contribution in [2.45, 2.75) is 6.92 Å². The lowest BCUT2D eigenvalue weighted by Gasteiger charge is -2.14. The van der Waals surface area contributed by atoms with Crippen LogP contribution in [0.25, 0.3) is 0 Å². The second-order valence-corrected chi connectivity index (χ2v) is 3.69. The summed E-state index contributed by atoms with van der Waals surface area (Å²) in [5, 5.41) is 2.76. The van der Waals surface area contributed by atoms with Crippen LogP contribution in [-0.2, 0) is 4.79 Å². The number of carbonyl (C=O) groups excluding carboxylic acids is 1. The molecule has 0 aliphatic rings. The summed E-state index contributed by atoms with van der Waals surface area (Å²) in [5.41, 5.74) is 6.02. The van der Waals surface area contributed by atoms with Gasteiger partial charge < -0.3 is 20.5 Å². The minimum atomic E-state index is -0.245.